The highest BCUT2D eigenvalue weighted by Crippen LogP contribution is 2.25. The molecule has 0 saturated carbocycles. The number of nitrogens with zero attached hydrogens (tertiary/aromatic N) is 1. The molecule has 0 aliphatic heterocycles. The predicted molar refractivity (Wildman–Crippen MR) is 76.3 cm³/mol. The van der Waals surface area contributed by atoms with Gasteiger partial charge in [0.1, 0.15) is 10.6 Å². The zero-order chi connectivity index (χ0) is 14.6. The van der Waals surface area contributed by atoms with E-state index in [1.165, 1.54) is 19.2 Å². The molecular weight excluding hydrogens is 300 g/mol. The number of ether oxygens (including phenoxy) is 1. The smallest absolute Gasteiger partial charge is 0.242 e. The first-order chi connectivity index (χ1) is 9.53. The number of nitrogens with one attached hydrogen (secondary N) is 1. The van der Waals surface area contributed by atoms with Crippen LogP contribution in [0.4, 0.5) is 0 Å². The number of pyridine rings is 1. The van der Waals surface area contributed by atoms with Crippen LogP contribution in [0.5, 0.6) is 5.75 Å². The van der Waals surface area contributed by atoms with Crippen molar-refractivity contribution in [3.63, 3.8) is 0 Å². The number of hydrogen-bond donors (Lipinski definition) is 1. The van der Waals surface area contributed by atoms with E-state index in [0.717, 1.165) is 0 Å². The second-order valence-electron chi connectivity index (χ2n) is 3.94. The van der Waals surface area contributed by atoms with Gasteiger partial charge in [-0.3, -0.25) is 4.98 Å². The van der Waals surface area contributed by atoms with Crippen LogP contribution < -0.4 is 9.46 Å². The minimum atomic E-state index is -3.69. The molecule has 0 aliphatic rings. The molecule has 1 heterocycles. The van der Waals surface area contributed by atoms with Gasteiger partial charge in [0, 0.05) is 12.3 Å². The summed E-state index contributed by atoms with van der Waals surface area (Å²) in [5, 5.41) is 0.109. The van der Waals surface area contributed by atoms with Crippen LogP contribution in [0, 0.1) is 0 Å². The molecule has 20 heavy (non-hydrogen) atoms. The van der Waals surface area contributed by atoms with Gasteiger partial charge in [0.15, 0.2) is 0 Å². The number of methoxy groups -OCH3 is 1. The highest BCUT2D eigenvalue weighted by atomic mass is 35.5. The van der Waals surface area contributed by atoms with Gasteiger partial charge in [-0.15, -0.1) is 0 Å². The first-order valence-corrected chi connectivity index (χ1v) is 7.62. The number of rotatable bonds is 5. The Labute approximate surface area is 122 Å². The van der Waals surface area contributed by atoms with Gasteiger partial charge in [-0.25, -0.2) is 13.1 Å². The van der Waals surface area contributed by atoms with E-state index in [-0.39, 0.29) is 16.5 Å². The quantitative estimate of drug-likeness (QED) is 0.919. The largest absolute Gasteiger partial charge is 0.497 e. The highest BCUT2D eigenvalue weighted by Gasteiger charge is 2.18. The summed E-state index contributed by atoms with van der Waals surface area (Å²) >= 11 is 5.96. The van der Waals surface area contributed by atoms with Crippen LogP contribution in [0.1, 0.15) is 5.69 Å². The molecule has 0 spiro atoms. The van der Waals surface area contributed by atoms with Crippen molar-refractivity contribution in [3.05, 3.63) is 53.3 Å². The third-order valence-corrected chi connectivity index (χ3v) is 4.48. The van der Waals surface area contributed by atoms with Crippen LogP contribution in [0.25, 0.3) is 0 Å². The first kappa shape index (κ1) is 14.8. The normalized spacial score (nSPS) is 11.3. The molecule has 0 atom stereocenters. The minimum absolute atomic E-state index is 0.0101. The van der Waals surface area contributed by atoms with Crippen molar-refractivity contribution >= 4 is 21.6 Å². The molecule has 0 fully saturated rings. The zero-order valence-electron chi connectivity index (χ0n) is 10.7. The maximum atomic E-state index is 12.2. The Morgan fingerprint density at radius 1 is 1.30 bits per heavy atom. The van der Waals surface area contributed by atoms with E-state index in [2.05, 4.69) is 9.71 Å². The molecule has 5 nitrogen and oxygen atoms in total. The standard InChI is InChI=1S/C13H13ClN2O3S/c1-19-11-5-6-13(12(14)8-11)20(17,18)16-9-10-4-2-3-7-15-10/h2-8,16H,9H2,1H3. The summed E-state index contributed by atoms with van der Waals surface area (Å²) in [6.07, 6.45) is 1.60. The summed E-state index contributed by atoms with van der Waals surface area (Å²) in [7, 11) is -2.21. The van der Waals surface area contributed by atoms with Crippen molar-refractivity contribution < 1.29 is 13.2 Å². The Morgan fingerprint density at radius 2 is 2.10 bits per heavy atom. The second kappa shape index (κ2) is 6.21. The van der Waals surface area contributed by atoms with Crippen LogP contribution in [0.2, 0.25) is 5.02 Å². The van der Waals surface area contributed by atoms with Gasteiger partial charge in [0.25, 0.3) is 0 Å². The van der Waals surface area contributed by atoms with Crippen molar-refractivity contribution in [1.82, 2.24) is 9.71 Å². The Kier molecular flexibility index (Phi) is 4.59. The number of aromatic nitrogens is 1. The average molecular weight is 313 g/mol. The van der Waals surface area contributed by atoms with Crippen LogP contribution in [-0.2, 0) is 16.6 Å². The maximum absolute atomic E-state index is 12.2. The molecule has 7 heteroatoms. The fourth-order valence-corrected chi connectivity index (χ4v) is 3.11. The average Bonchev–Trinajstić information content (AvgIpc) is 2.46. The molecule has 106 valence electrons. The monoisotopic (exact) mass is 312 g/mol. The van der Waals surface area contributed by atoms with Crippen molar-refractivity contribution in [1.29, 1.82) is 0 Å². The second-order valence-corrected chi connectivity index (χ2v) is 6.08. The van der Waals surface area contributed by atoms with Crippen LogP contribution >= 0.6 is 11.6 Å². The molecule has 2 rings (SSSR count). The number of halogens is 1. The number of sulfonamides is 1. The van der Waals surface area contributed by atoms with Crippen molar-refractivity contribution in [2.75, 3.05) is 7.11 Å². The SMILES string of the molecule is COc1ccc(S(=O)(=O)NCc2ccccn2)c(Cl)c1. The fraction of sp³-hybridized carbons (Fsp3) is 0.154. The molecule has 0 saturated heterocycles. The topological polar surface area (TPSA) is 68.3 Å². The minimum Gasteiger partial charge on any atom is -0.497 e. The van der Waals surface area contributed by atoms with E-state index in [1.807, 2.05) is 0 Å². The summed E-state index contributed by atoms with van der Waals surface area (Å²) < 4.78 is 31.8. The Balaban J connectivity index is 2.18. The van der Waals surface area contributed by atoms with Crippen LogP contribution in [-0.4, -0.2) is 20.5 Å². The summed E-state index contributed by atoms with van der Waals surface area (Å²) in [6.45, 7) is 0.103. The molecule has 1 aromatic heterocycles. The van der Waals surface area contributed by atoms with Gasteiger partial charge >= 0.3 is 0 Å². The van der Waals surface area contributed by atoms with Gasteiger partial charge in [-0.1, -0.05) is 17.7 Å². The molecule has 0 amide bonds. The molecule has 2 aromatic rings. The lowest BCUT2D eigenvalue weighted by atomic mass is 10.3. The van der Waals surface area contributed by atoms with Crippen molar-refractivity contribution in [2.24, 2.45) is 0 Å². The summed E-state index contributed by atoms with van der Waals surface area (Å²) in [5.41, 5.74) is 0.626. The van der Waals surface area contributed by atoms with Gasteiger partial charge in [-0.05, 0) is 24.3 Å². The van der Waals surface area contributed by atoms with Crippen LogP contribution in [0.3, 0.4) is 0 Å². The molecular formula is C13H13ClN2O3S. The number of hydrogen-bond acceptors (Lipinski definition) is 4. The number of benzene rings is 1. The molecule has 0 aliphatic carbocycles. The van der Waals surface area contributed by atoms with Crippen LogP contribution in [0.15, 0.2) is 47.5 Å². The predicted octanol–water partition coefficient (Wildman–Crippen LogP) is 2.22. The van der Waals surface area contributed by atoms with E-state index in [4.69, 9.17) is 16.3 Å². The summed E-state index contributed by atoms with van der Waals surface area (Å²) in [5.74, 6) is 0.499. The Hall–Kier alpha value is -1.63. The van der Waals surface area contributed by atoms with Gasteiger partial charge in [0.05, 0.1) is 24.4 Å². The van der Waals surface area contributed by atoms with E-state index >= 15 is 0 Å². The summed E-state index contributed by atoms with van der Waals surface area (Å²) in [6, 6.07) is 9.69. The van der Waals surface area contributed by atoms with Gasteiger partial charge in [-0.2, -0.15) is 0 Å². The first-order valence-electron chi connectivity index (χ1n) is 5.76. The highest BCUT2D eigenvalue weighted by molar-refractivity contribution is 7.89. The lowest BCUT2D eigenvalue weighted by Gasteiger charge is -2.09. The van der Waals surface area contributed by atoms with Crippen molar-refractivity contribution in [3.8, 4) is 5.75 Å². The third kappa shape index (κ3) is 3.47. The van der Waals surface area contributed by atoms with Crippen molar-refractivity contribution in [2.45, 2.75) is 11.4 Å². The lowest BCUT2D eigenvalue weighted by molar-refractivity contribution is 0.414. The van der Waals surface area contributed by atoms with E-state index in [1.54, 1.807) is 30.5 Å². The summed E-state index contributed by atoms with van der Waals surface area (Å²) in [4.78, 5) is 4.06. The molecule has 0 bridgehead atoms. The molecule has 0 radical (unpaired) electrons. The maximum Gasteiger partial charge on any atom is 0.242 e. The van der Waals surface area contributed by atoms with E-state index < -0.39 is 10.0 Å². The zero-order valence-corrected chi connectivity index (χ0v) is 12.3. The fourth-order valence-electron chi connectivity index (χ4n) is 1.58. The molecule has 1 N–H and O–H groups in total. The van der Waals surface area contributed by atoms with E-state index in [9.17, 15) is 8.42 Å². The third-order valence-electron chi connectivity index (χ3n) is 2.60. The lowest BCUT2D eigenvalue weighted by Crippen LogP contribution is -2.24. The molecule has 0 unspecified atom stereocenters. The molecule has 1 aromatic carbocycles. The van der Waals surface area contributed by atoms with Gasteiger partial charge < -0.3 is 4.74 Å². The van der Waals surface area contributed by atoms with E-state index in [0.29, 0.717) is 11.4 Å². The van der Waals surface area contributed by atoms with Gasteiger partial charge in [0.2, 0.25) is 10.0 Å². The Bertz CT molecular complexity index is 690. The Morgan fingerprint density at radius 3 is 2.70 bits per heavy atom.